The molecule has 0 fully saturated rings. The Hall–Kier alpha value is -1.08. The third-order valence-electron chi connectivity index (χ3n) is 2.88. The second-order valence-electron chi connectivity index (χ2n) is 5.13. The number of sulfonamides is 1. The van der Waals surface area contributed by atoms with E-state index in [4.69, 9.17) is 4.74 Å². The summed E-state index contributed by atoms with van der Waals surface area (Å²) < 4.78 is 32.8. The molecular weight excluding hydrogens is 266 g/mol. The van der Waals surface area contributed by atoms with Crippen molar-refractivity contribution in [3.63, 3.8) is 0 Å². The normalized spacial score (nSPS) is 12.6. The molecule has 0 radical (unpaired) electrons. The average Bonchev–Trinajstić information content (AvgIpc) is 2.73. The van der Waals surface area contributed by atoms with Crippen LogP contribution in [-0.4, -0.2) is 36.7 Å². The molecular formula is C12H23N3O3S. The molecule has 1 rings (SSSR count). The average molecular weight is 289 g/mol. The Balaban J connectivity index is 2.58. The van der Waals surface area contributed by atoms with Gasteiger partial charge in [-0.15, -0.1) is 0 Å². The zero-order chi connectivity index (χ0) is 14.5. The Bertz CT molecular complexity index is 494. The summed E-state index contributed by atoms with van der Waals surface area (Å²) in [6.45, 7) is 6.51. The van der Waals surface area contributed by atoms with E-state index < -0.39 is 10.0 Å². The van der Waals surface area contributed by atoms with Gasteiger partial charge in [0, 0.05) is 19.9 Å². The highest BCUT2D eigenvalue weighted by Gasteiger charge is 2.16. The van der Waals surface area contributed by atoms with E-state index in [9.17, 15) is 8.42 Å². The number of nitrogens with zero attached hydrogens (tertiary/aromatic N) is 2. The minimum absolute atomic E-state index is 0.120. The van der Waals surface area contributed by atoms with E-state index in [0.29, 0.717) is 18.7 Å². The summed E-state index contributed by atoms with van der Waals surface area (Å²) in [5, 5.41) is 4.13. The van der Waals surface area contributed by atoms with Gasteiger partial charge in [0.1, 0.15) is 0 Å². The molecule has 0 saturated carbocycles. The monoisotopic (exact) mass is 289 g/mol. The van der Waals surface area contributed by atoms with Crippen molar-refractivity contribution in [2.75, 3.05) is 17.6 Å². The van der Waals surface area contributed by atoms with Gasteiger partial charge in [-0.25, -0.2) is 8.42 Å². The first-order chi connectivity index (χ1) is 8.78. The lowest BCUT2D eigenvalue weighted by Crippen LogP contribution is -2.24. The number of rotatable bonds is 8. The Kier molecular flexibility index (Phi) is 5.37. The van der Waals surface area contributed by atoms with Crippen LogP contribution in [0.2, 0.25) is 0 Å². The SMILES string of the molecule is CCCS(=O)(=O)Nc1cnn(CCC(C)(C)OC)c1. The van der Waals surface area contributed by atoms with Crippen LogP contribution >= 0.6 is 0 Å². The van der Waals surface area contributed by atoms with Crippen LogP contribution in [0.1, 0.15) is 33.6 Å². The van der Waals surface area contributed by atoms with E-state index in [1.54, 1.807) is 18.0 Å². The number of hydrogen-bond donors (Lipinski definition) is 1. The first-order valence-electron chi connectivity index (χ1n) is 6.36. The molecule has 19 heavy (non-hydrogen) atoms. The van der Waals surface area contributed by atoms with Gasteiger partial charge in [-0.3, -0.25) is 9.40 Å². The molecule has 0 atom stereocenters. The van der Waals surface area contributed by atoms with Crippen LogP contribution < -0.4 is 4.72 Å². The summed E-state index contributed by atoms with van der Waals surface area (Å²) in [5.74, 6) is 0.120. The second-order valence-corrected chi connectivity index (χ2v) is 6.97. The fraction of sp³-hybridized carbons (Fsp3) is 0.750. The van der Waals surface area contributed by atoms with Gasteiger partial charge in [-0.2, -0.15) is 5.10 Å². The molecule has 1 aromatic heterocycles. The highest BCUT2D eigenvalue weighted by Crippen LogP contribution is 2.15. The predicted octanol–water partition coefficient (Wildman–Crippen LogP) is 1.85. The van der Waals surface area contributed by atoms with Crippen molar-refractivity contribution in [2.24, 2.45) is 0 Å². The van der Waals surface area contributed by atoms with Crippen molar-refractivity contribution in [3.05, 3.63) is 12.4 Å². The third kappa shape index (κ3) is 5.61. The van der Waals surface area contributed by atoms with E-state index in [0.717, 1.165) is 6.42 Å². The first-order valence-corrected chi connectivity index (χ1v) is 8.01. The summed E-state index contributed by atoms with van der Waals surface area (Å²) in [6, 6.07) is 0. The number of hydrogen-bond acceptors (Lipinski definition) is 4. The van der Waals surface area contributed by atoms with Gasteiger partial charge in [0.15, 0.2) is 0 Å². The Morgan fingerprint density at radius 3 is 2.74 bits per heavy atom. The van der Waals surface area contributed by atoms with Crippen molar-refractivity contribution >= 4 is 15.7 Å². The van der Waals surface area contributed by atoms with Gasteiger partial charge in [0.05, 0.1) is 23.2 Å². The Labute approximate surface area is 115 Å². The van der Waals surface area contributed by atoms with Gasteiger partial charge in [0.2, 0.25) is 10.0 Å². The lowest BCUT2D eigenvalue weighted by molar-refractivity contribution is 0.0113. The zero-order valence-electron chi connectivity index (χ0n) is 12.0. The largest absolute Gasteiger partial charge is 0.379 e. The van der Waals surface area contributed by atoms with Crippen LogP contribution in [0, 0.1) is 0 Å². The van der Waals surface area contributed by atoms with Crippen LogP contribution in [-0.2, 0) is 21.3 Å². The molecule has 0 aliphatic carbocycles. The van der Waals surface area contributed by atoms with Crippen molar-refractivity contribution in [1.82, 2.24) is 9.78 Å². The maximum Gasteiger partial charge on any atom is 0.232 e. The molecule has 0 amide bonds. The third-order valence-corrected chi connectivity index (χ3v) is 4.37. The van der Waals surface area contributed by atoms with Crippen molar-refractivity contribution in [2.45, 2.75) is 45.8 Å². The van der Waals surface area contributed by atoms with E-state index in [2.05, 4.69) is 9.82 Å². The van der Waals surface area contributed by atoms with E-state index in [-0.39, 0.29) is 11.4 Å². The smallest absolute Gasteiger partial charge is 0.232 e. The maximum absolute atomic E-state index is 11.6. The summed E-state index contributed by atoms with van der Waals surface area (Å²) in [7, 11) is -1.57. The summed E-state index contributed by atoms with van der Waals surface area (Å²) in [4.78, 5) is 0. The molecule has 1 aromatic rings. The Morgan fingerprint density at radius 2 is 2.16 bits per heavy atom. The summed E-state index contributed by atoms with van der Waals surface area (Å²) in [6.07, 6.45) is 4.60. The molecule has 110 valence electrons. The van der Waals surface area contributed by atoms with Gasteiger partial charge < -0.3 is 4.74 Å². The molecule has 1 heterocycles. The predicted molar refractivity (Wildman–Crippen MR) is 75.6 cm³/mol. The fourth-order valence-electron chi connectivity index (χ4n) is 1.52. The number of anilines is 1. The summed E-state index contributed by atoms with van der Waals surface area (Å²) >= 11 is 0. The van der Waals surface area contributed by atoms with Crippen LogP contribution in [0.15, 0.2) is 12.4 Å². The van der Waals surface area contributed by atoms with Gasteiger partial charge in [0.25, 0.3) is 0 Å². The molecule has 1 N–H and O–H groups in total. The van der Waals surface area contributed by atoms with E-state index >= 15 is 0 Å². The van der Waals surface area contributed by atoms with Crippen molar-refractivity contribution in [3.8, 4) is 0 Å². The number of nitrogens with one attached hydrogen (secondary N) is 1. The van der Waals surface area contributed by atoms with Crippen LogP contribution in [0.5, 0.6) is 0 Å². The standard InChI is InChI=1S/C12H23N3O3S/c1-5-8-19(16,17)14-11-9-13-15(10-11)7-6-12(2,3)18-4/h9-10,14H,5-8H2,1-4H3. The maximum atomic E-state index is 11.6. The lowest BCUT2D eigenvalue weighted by Gasteiger charge is -2.22. The molecule has 0 saturated heterocycles. The van der Waals surface area contributed by atoms with Crippen LogP contribution in [0.4, 0.5) is 5.69 Å². The Morgan fingerprint density at radius 1 is 1.47 bits per heavy atom. The highest BCUT2D eigenvalue weighted by molar-refractivity contribution is 7.92. The number of methoxy groups -OCH3 is 1. The minimum atomic E-state index is -3.25. The number of aryl methyl sites for hydroxylation is 1. The topological polar surface area (TPSA) is 73.2 Å². The van der Waals surface area contributed by atoms with E-state index in [1.807, 2.05) is 20.8 Å². The van der Waals surface area contributed by atoms with Gasteiger partial charge in [-0.1, -0.05) is 6.92 Å². The molecule has 6 nitrogen and oxygen atoms in total. The molecule has 0 spiro atoms. The summed E-state index contributed by atoms with van der Waals surface area (Å²) in [5.41, 5.74) is 0.289. The number of ether oxygens (including phenoxy) is 1. The molecule has 0 unspecified atom stereocenters. The van der Waals surface area contributed by atoms with Gasteiger partial charge in [-0.05, 0) is 26.7 Å². The molecule has 7 heteroatoms. The molecule has 0 aromatic carbocycles. The molecule has 0 bridgehead atoms. The van der Waals surface area contributed by atoms with Crippen LogP contribution in [0.25, 0.3) is 0 Å². The highest BCUT2D eigenvalue weighted by atomic mass is 32.2. The second kappa shape index (κ2) is 6.38. The van der Waals surface area contributed by atoms with Crippen molar-refractivity contribution in [1.29, 1.82) is 0 Å². The minimum Gasteiger partial charge on any atom is -0.379 e. The quantitative estimate of drug-likeness (QED) is 0.792. The van der Waals surface area contributed by atoms with E-state index in [1.165, 1.54) is 6.20 Å². The number of aromatic nitrogens is 2. The molecule has 0 aliphatic rings. The van der Waals surface area contributed by atoms with Crippen LogP contribution in [0.3, 0.4) is 0 Å². The zero-order valence-corrected chi connectivity index (χ0v) is 12.8. The lowest BCUT2D eigenvalue weighted by atomic mass is 10.1. The van der Waals surface area contributed by atoms with Crippen molar-refractivity contribution < 1.29 is 13.2 Å². The first kappa shape index (κ1) is 16.0. The molecule has 0 aliphatic heterocycles. The fourth-order valence-corrected chi connectivity index (χ4v) is 2.63. The van der Waals surface area contributed by atoms with Gasteiger partial charge >= 0.3 is 0 Å².